The summed E-state index contributed by atoms with van der Waals surface area (Å²) < 4.78 is 6.18. The zero-order chi connectivity index (χ0) is 12.3. The van der Waals surface area contributed by atoms with Gasteiger partial charge in [0.25, 0.3) is 5.89 Å². The van der Waals surface area contributed by atoms with Crippen molar-refractivity contribution in [2.75, 3.05) is 0 Å². The topological polar surface area (TPSA) is 51.0 Å². The Morgan fingerprint density at radius 2 is 2.12 bits per heavy atom. The summed E-state index contributed by atoms with van der Waals surface area (Å²) in [5.41, 5.74) is 0.913. The van der Waals surface area contributed by atoms with Crippen molar-refractivity contribution >= 4 is 15.9 Å². The first-order valence-corrected chi connectivity index (χ1v) is 6.27. The van der Waals surface area contributed by atoms with Gasteiger partial charge in [0.15, 0.2) is 5.82 Å². The largest absolute Gasteiger partial charge is 0.334 e. The number of aromatic nitrogens is 2. The van der Waals surface area contributed by atoms with Gasteiger partial charge in [-0.25, -0.2) is 0 Å². The van der Waals surface area contributed by atoms with Gasteiger partial charge >= 0.3 is 0 Å². The van der Waals surface area contributed by atoms with Gasteiger partial charge in [0.2, 0.25) is 0 Å². The van der Waals surface area contributed by atoms with Crippen molar-refractivity contribution in [1.82, 2.24) is 15.5 Å². The lowest BCUT2D eigenvalue weighted by atomic mass is 10.2. The number of benzene rings is 1. The number of nitrogens with zero attached hydrogens (tertiary/aromatic N) is 2. The summed E-state index contributed by atoms with van der Waals surface area (Å²) in [4.78, 5) is 4.34. The molecular formula is C12H14BrN3O. The molecule has 90 valence electrons. The van der Waals surface area contributed by atoms with Gasteiger partial charge in [0.1, 0.15) is 0 Å². The van der Waals surface area contributed by atoms with Crippen molar-refractivity contribution in [2.45, 2.75) is 26.4 Å². The van der Waals surface area contributed by atoms with E-state index in [1.807, 2.05) is 24.3 Å². The summed E-state index contributed by atoms with van der Waals surface area (Å²) in [6.45, 7) is 4.77. The second-order valence-electron chi connectivity index (χ2n) is 4.03. The molecule has 0 saturated carbocycles. The molecule has 0 bridgehead atoms. The third-order valence-corrected chi connectivity index (χ3v) is 2.93. The molecule has 0 aliphatic rings. The highest BCUT2D eigenvalue weighted by Gasteiger charge is 2.11. The summed E-state index contributed by atoms with van der Waals surface area (Å²) in [6.07, 6.45) is 0. The molecule has 0 fully saturated rings. The van der Waals surface area contributed by atoms with Crippen LogP contribution in [-0.4, -0.2) is 16.2 Å². The van der Waals surface area contributed by atoms with Crippen LogP contribution in [0.4, 0.5) is 0 Å². The highest BCUT2D eigenvalue weighted by molar-refractivity contribution is 9.10. The first-order chi connectivity index (χ1) is 8.16. The highest BCUT2D eigenvalue weighted by atomic mass is 79.9. The van der Waals surface area contributed by atoms with Crippen LogP contribution in [0.25, 0.3) is 11.5 Å². The van der Waals surface area contributed by atoms with Crippen molar-refractivity contribution in [3.63, 3.8) is 0 Å². The average Bonchev–Trinajstić information content (AvgIpc) is 2.75. The lowest BCUT2D eigenvalue weighted by molar-refractivity contribution is 0.417. The van der Waals surface area contributed by atoms with Gasteiger partial charge in [-0.1, -0.05) is 31.1 Å². The number of hydrogen-bond acceptors (Lipinski definition) is 4. The molecule has 0 unspecified atom stereocenters. The first kappa shape index (κ1) is 12.3. The Bertz CT molecular complexity index is 496. The van der Waals surface area contributed by atoms with Gasteiger partial charge in [0.05, 0.1) is 12.1 Å². The summed E-state index contributed by atoms with van der Waals surface area (Å²) in [7, 11) is 0. The van der Waals surface area contributed by atoms with Crippen molar-refractivity contribution in [3.05, 3.63) is 34.6 Å². The molecule has 5 heteroatoms. The molecule has 0 saturated heterocycles. The van der Waals surface area contributed by atoms with E-state index in [1.54, 1.807) is 0 Å². The van der Waals surface area contributed by atoms with E-state index in [4.69, 9.17) is 4.52 Å². The predicted molar refractivity (Wildman–Crippen MR) is 69.4 cm³/mol. The van der Waals surface area contributed by atoms with Gasteiger partial charge in [-0.3, -0.25) is 0 Å². The summed E-state index contributed by atoms with van der Waals surface area (Å²) in [6, 6.07) is 8.19. The van der Waals surface area contributed by atoms with E-state index >= 15 is 0 Å². The molecule has 1 N–H and O–H groups in total. The average molecular weight is 296 g/mol. The van der Waals surface area contributed by atoms with Crippen molar-refractivity contribution in [3.8, 4) is 11.5 Å². The first-order valence-electron chi connectivity index (χ1n) is 5.47. The molecule has 17 heavy (non-hydrogen) atoms. The lowest BCUT2D eigenvalue weighted by Crippen LogP contribution is -2.22. The van der Waals surface area contributed by atoms with Gasteiger partial charge in [-0.15, -0.1) is 0 Å². The van der Waals surface area contributed by atoms with Crippen LogP contribution in [0, 0.1) is 0 Å². The minimum Gasteiger partial charge on any atom is -0.334 e. The molecule has 2 rings (SSSR count). The molecule has 1 heterocycles. The molecule has 0 spiro atoms. The Hall–Kier alpha value is -1.20. The summed E-state index contributed by atoms with van der Waals surface area (Å²) in [5, 5.41) is 7.18. The van der Waals surface area contributed by atoms with E-state index in [-0.39, 0.29) is 0 Å². The van der Waals surface area contributed by atoms with Crippen LogP contribution < -0.4 is 5.32 Å². The maximum absolute atomic E-state index is 5.23. The fourth-order valence-electron chi connectivity index (χ4n) is 1.37. The van der Waals surface area contributed by atoms with Gasteiger partial charge < -0.3 is 9.84 Å². The van der Waals surface area contributed by atoms with E-state index in [2.05, 4.69) is 45.2 Å². The second kappa shape index (κ2) is 5.42. The van der Waals surface area contributed by atoms with E-state index in [0.717, 1.165) is 10.0 Å². The van der Waals surface area contributed by atoms with Crippen molar-refractivity contribution in [1.29, 1.82) is 0 Å². The molecule has 0 aliphatic carbocycles. The van der Waals surface area contributed by atoms with Crippen LogP contribution in [0.5, 0.6) is 0 Å². The number of halogens is 1. The molecule has 1 aromatic heterocycles. The van der Waals surface area contributed by atoms with Crippen LogP contribution >= 0.6 is 15.9 Å². The Morgan fingerprint density at radius 3 is 2.82 bits per heavy atom. The van der Waals surface area contributed by atoms with Crippen LogP contribution in [0.15, 0.2) is 33.3 Å². The Labute approximate surface area is 109 Å². The number of nitrogens with one attached hydrogen (secondary N) is 1. The lowest BCUT2D eigenvalue weighted by Gasteiger charge is -2.03. The quantitative estimate of drug-likeness (QED) is 0.942. The highest BCUT2D eigenvalue weighted by Crippen LogP contribution is 2.26. The number of hydrogen-bond donors (Lipinski definition) is 1. The second-order valence-corrected chi connectivity index (χ2v) is 4.89. The van der Waals surface area contributed by atoms with Crippen molar-refractivity contribution in [2.24, 2.45) is 0 Å². The third-order valence-electron chi connectivity index (χ3n) is 2.24. The molecule has 0 aliphatic heterocycles. The standard InChI is InChI=1S/C12H14BrN3O/c1-8(2)14-7-11-15-12(17-16-11)9-5-3-4-6-10(9)13/h3-6,8,14H,7H2,1-2H3. The summed E-state index contributed by atoms with van der Waals surface area (Å²) in [5.74, 6) is 1.21. The molecule has 4 nitrogen and oxygen atoms in total. The maximum Gasteiger partial charge on any atom is 0.259 e. The van der Waals surface area contributed by atoms with Crippen LogP contribution in [0.2, 0.25) is 0 Å². The normalized spacial score (nSPS) is 11.1. The predicted octanol–water partition coefficient (Wildman–Crippen LogP) is 3.00. The van der Waals surface area contributed by atoms with E-state index in [9.17, 15) is 0 Å². The summed E-state index contributed by atoms with van der Waals surface area (Å²) >= 11 is 3.46. The van der Waals surface area contributed by atoms with E-state index in [0.29, 0.717) is 24.3 Å². The van der Waals surface area contributed by atoms with Crippen LogP contribution in [0.1, 0.15) is 19.7 Å². The number of rotatable bonds is 4. The zero-order valence-corrected chi connectivity index (χ0v) is 11.4. The molecular weight excluding hydrogens is 282 g/mol. The molecule has 1 aromatic carbocycles. The minimum absolute atomic E-state index is 0.403. The minimum atomic E-state index is 0.403. The van der Waals surface area contributed by atoms with E-state index in [1.165, 1.54) is 0 Å². The Kier molecular flexibility index (Phi) is 3.91. The molecule has 0 radical (unpaired) electrons. The third kappa shape index (κ3) is 3.14. The zero-order valence-electron chi connectivity index (χ0n) is 9.77. The van der Waals surface area contributed by atoms with E-state index < -0.39 is 0 Å². The molecule has 2 aromatic rings. The van der Waals surface area contributed by atoms with Gasteiger partial charge in [-0.05, 0) is 28.1 Å². The van der Waals surface area contributed by atoms with Crippen LogP contribution in [-0.2, 0) is 6.54 Å². The smallest absolute Gasteiger partial charge is 0.259 e. The monoisotopic (exact) mass is 295 g/mol. The van der Waals surface area contributed by atoms with Gasteiger partial charge in [0, 0.05) is 10.5 Å². The maximum atomic E-state index is 5.23. The van der Waals surface area contributed by atoms with Crippen LogP contribution in [0.3, 0.4) is 0 Å². The molecule has 0 amide bonds. The van der Waals surface area contributed by atoms with Crippen molar-refractivity contribution < 1.29 is 4.52 Å². The SMILES string of the molecule is CC(C)NCc1noc(-c2ccccc2Br)n1. The fraction of sp³-hybridized carbons (Fsp3) is 0.333. The Morgan fingerprint density at radius 1 is 1.35 bits per heavy atom. The fourth-order valence-corrected chi connectivity index (χ4v) is 1.82. The Balaban J connectivity index is 2.16. The molecule has 0 atom stereocenters. The van der Waals surface area contributed by atoms with Gasteiger partial charge in [-0.2, -0.15) is 4.98 Å².